The van der Waals surface area contributed by atoms with E-state index in [0.29, 0.717) is 6.04 Å². The van der Waals surface area contributed by atoms with E-state index in [9.17, 15) is 0 Å². The summed E-state index contributed by atoms with van der Waals surface area (Å²) >= 11 is 0. The van der Waals surface area contributed by atoms with E-state index in [1.54, 1.807) is 0 Å². The zero-order chi connectivity index (χ0) is 14.8. The first kappa shape index (κ1) is 15.7. The number of aromatic nitrogens is 2. The minimum Gasteiger partial charge on any atom is -0.373 e. The van der Waals surface area contributed by atoms with Crippen molar-refractivity contribution in [1.29, 1.82) is 0 Å². The lowest BCUT2D eigenvalue weighted by Gasteiger charge is -2.37. The average Bonchev–Trinajstić information content (AvgIpc) is 2.36. The quantitative estimate of drug-likeness (QED) is 0.906. The Bertz CT molecular complexity index is 435. The zero-order valence-corrected chi connectivity index (χ0v) is 13.6. The number of hydrogen-bond acceptors (Lipinski definition) is 4. The Labute approximate surface area is 117 Å². The topological polar surface area (TPSA) is 41.1 Å². The molecule has 0 aromatic carbocycles. The molecule has 4 nitrogen and oxygen atoms in total. The SMILES string of the molecule is CCc1nc(NC)c(C)c(N(C)C(C)C(C)(C)C)n1. The van der Waals surface area contributed by atoms with Gasteiger partial charge < -0.3 is 10.2 Å². The van der Waals surface area contributed by atoms with Crippen molar-refractivity contribution >= 4 is 11.6 Å². The number of anilines is 2. The van der Waals surface area contributed by atoms with Gasteiger partial charge in [0, 0.05) is 32.1 Å². The van der Waals surface area contributed by atoms with Gasteiger partial charge in [0.15, 0.2) is 0 Å². The molecule has 0 fully saturated rings. The first-order chi connectivity index (χ1) is 8.72. The number of nitrogens with one attached hydrogen (secondary N) is 1. The minimum absolute atomic E-state index is 0.207. The van der Waals surface area contributed by atoms with E-state index in [1.807, 2.05) is 7.05 Å². The van der Waals surface area contributed by atoms with Crippen LogP contribution in [0.3, 0.4) is 0 Å². The second kappa shape index (κ2) is 5.76. The summed E-state index contributed by atoms with van der Waals surface area (Å²) in [7, 11) is 4.02. The Balaban J connectivity index is 3.25. The minimum atomic E-state index is 0.207. The summed E-state index contributed by atoms with van der Waals surface area (Å²) in [5, 5.41) is 3.17. The Kier molecular flexibility index (Phi) is 4.77. The molecule has 1 aromatic rings. The molecule has 0 bridgehead atoms. The van der Waals surface area contributed by atoms with Crippen molar-refractivity contribution < 1.29 is 0 Å². The van der Waals surface area contributed by atoms with Crippen molar-refractivity contribution in [2.75, 3.05) is 24.3 Å². The Morgan fingerprint density at radius 3 is 2.26 bits per heavy atom. The molecular weight excluding hydrogens is 236 g/mol. The molecule has 1 unspecified atom stereocenters. The first-order valence-corrected chi connectivity index (χ1v) is 7.00. The second-order valence-electron chi connectivity index (χ2n) is 6.19. The van der Waals surface area contributed by atoms with Crippen LogP contribution >= 0.6 is 0 Å². The van der Waals surface area contributed by atoms with E-state index in [0.717, 1.165) is 29.4 Å². The van der Waals surface area contributed by atoms with Crippen LogP contribution in [0.25, 0.3) is 0 Å². The molecule has 0 aliphatic carbocycles. The van der Waals surface area contributed by atoms with Gasteiger partial charge in [-0.25, -0.2) is 9.97 Å². The van der Waals surface area contributed by atoms with Gasteiger partial charge in [0.25, 0.3) is 0 Å². The van der Waals surface area contributed by atoms with Crippen LogP contribution in [0.5, 0.6) is 0 Å². The lowest BCUT2D eigenvalue weighted by molar-refractivity contribution is 0.328. The van der Waals surface area contributed by atoms with Crippen LogP contribution in [0.4, 0.5) is 11.6 Å². The van der Waals surface area contributed by atoms with Gasteiger partial charge in [-0.15, -0.1) is 0 Å². The van der Waals surface area contributed by atoms with Gasteiger partial charge >= 0.3 is 0 Å². The summed E-state index contributed by atoms with van der Waals surface area (Å²) in [6.45, 7) is 13.2. The van der Waals surface area contributed by atoms with Crippen molar-refractivity contribution in [2.24, 2.45) is 5.41 Å². The number of rotatable bonds is 4. The lowest BCUT2D eigenvalue weighted by Crippen LogP contribution is -2.40. The number of hydrogen-bond donors (Lipinski definition) is 1. The van der Waals surface area contributed by atoms with Gasteiger partial charge in [0.1, 0.15) is 17.5 Å². The van der Waals surface area contributed by atoms with E-state index < -0.39 is 0 Å². The summed E-state index contributed by atoms with van der Waals surface area (Å²) in [4.78, 5) is 11.5. The van der Waals surface area contributed by atoms with Gasteiger partial charge in [-0.2, -0.15) is 0 Å². The maximum atomic E-state index is 4.71. The fraction of sp³-hybridized carbons (Fsp3) is 0.733. The Morgan fingerprint density at radius 1 is 1.26 bits per heavy atom. The molecule has 0 aliphatic rings. The summed E-state index contributed by atoms with van der Waals surface area (Å²) in [5.41, 5.74) is 1.32. The first-order valence-electron chi connectivity index (χ1n) is 7.00. The highest BCUT2D eigenvalue weighted by atomic mass is 15.2. The average molecular weight is 264 g/mol. The standard InChI is InChI=1S/C15H28N4/c1-9-12-17-13(16-7)10(2)14(18-12)19(8)11(3)15(4,5)6/h11H,9H2,1-8H3,(H,16,17,18). The predicted octanol–water partition coefficient (Wildman–Crippen LogP) is 3.26. The molecule has 0 spiro atoms. The van der Waals surface area contributed by atoms with E-state index in [4.69, 9.17) is 4.98 Å². The van der Waals surface area contributed by atoms with Crippen LogP contribution in [-0.2, 0) is 6.42 Å². The van der Waals surface area contributed by atoms with Crippen LogP contribution in [0.2, 0.25) is 0 Å². The second-order valence-corrected chi connectivity index (χ2v) is 6.19. The van der Waals surface area contributed by atoms with Crippen molar-refractivity contribution in [2.45, 2.75) is 54.0 Å². The zero-order valence-electron chi connectivity index (χ0n) is 13.6. The number of nitrogens with zero attached hydrogens (tertiary/aromatic N) is 3. The summed E-state index contributed by atoms with van der Waals surface area (Å²) in [6.07, 6.45) is 0.847. The molecule has 0 saturated heterocycles. The van der Waals surface area contributed by atoms with Crippen molar-refractivity contribution in [1.82, 2.24) is 9.97 Å². The molecule has 0 aliphatic heterocycles. The Hall–Kier alpha value is -1.32. The van der Waals surface area contributed by atoms with Crippen molar-refractivity contribution in [3.63, 3.8) is 0 Å². The van der Waals surface area contributed by atoms with Gasteiger partial charge in [-0.05, 0) is 19.3 Å². The molecule has 1 rings (SSSR count). The third-order valence-corrected chi connectivity index (χ3v) is 3.89. The highest BCUT2D eigenvalue weighted by Crippen LogP contribution is 2.30. The summed E-state index contributed by atoms with van der Waals surface area (Å²) < 4.78 is 0. The fourth-order valence-corrected chi connectivity index (χ4v) is 2.06. The monoisotopic (exact) mass is 264 g/mol. The Morgan fingerprint density at radius 2 is 1.84 bits per heavy atom. The van der Waals surface area contributed by atoms with E-state index >= 15 is 0 Å². The molecule has 1 heterocycles. The summed E-state index contributed by atoms with van der Waals surface area (Å²) in [6, 6.07) is 0.399. The van der Waals surface area contributed by atoms with Crippen LogP contribution in [-0.4, -0.2) is 30.1 Å². The molecule has 19 heavy (non-hydrogen) atoms. The van der Waals surface area contributed by atoms with E-state index in [-0.39, 0.29) is 5.41 Å². The lowest BCUT2D eigenvalue weighted by atomic mass is 9.87. The van der Waals surface area contributed by atoms with Gasteiger partial charge in [-0.1, -0.05) is 27.7 Å². The van der Waals surface area contributed by atoms with Crippen LogP contribution in [0, 0.1) is 12.3 Å². The van der Waals surface area contributed by atoms with Gasteiger partial charge in [0.2, 0.25) is 0 Å². The molecule has 4 heteroatoms. The molecular formula is C15H28N4. The summed E-state index contributed by atoms with van der Waals surface area (Å²) in [5.74, 6) is 2.84. The van der Waals surface area contributed by atoms with Crippen LogP contribution in [0.15, 0.2) is 0 Å². The maximum Gasteiger partial charge on any atom is 0.137 e. The maximum absolute atomic E-state index is 4.71. The predicted molar refractivity (Wildman–Crippen MR) is 83.0 cm³/mol. The van der Waals surface area contributed by atoms with Crippen molar-refractivity contribution in [3.05, 3.63) is 11.4 Å². The molecule has 0 radical (unpaired) electrons. The smallest absolute Gasteiger partial charge is 0.137 e. The van der Waals surface area contributed by atoms with Gasteiger partial charge in [-0.3, -0.25) is 0 Å². The highest BCUT2D eigenvalue weighted by Gasteiger charge is 2.26. The van der Waals surface area contributed by atoms with Crippen LogP contribution < -0.4 is 10.2 Å². The van der Waals surface area contributed by atoms with Crippen molar-refractivity contribution in [3.8, 4) is 0 Å². The van der Waals surface area contributed by atoms with Crippen LogP contribution in [0.1, 0.15) is 46.0 Å². The third-order valence-electron chi connectivity index (χ3n) is 3.89. The van der Waals surface area contributed by atoms with E-state index in [1.165, 1.54) is 0 Å². The normalized spacial score (nSPS) is 13.3. The molecule has 108 valence electrons. The molecule has 1 N–H and O–H groups in total. The van der Waals surface area contributed by atoms with Gasteiger partial charge in [0.05, 0.1) is 0 Å². The fourth-order valence-electron chi connectivity index (χ4n) is 2.06. The van der Waals surface area contributed by atoms with E-state index in [2.05, 4.69) is 63.8 Å². The molecule has 0 saturated carbocycles. The molecule has 1 aromatic heterocycles. The molecule has 0 amide bonds. The number of aryl methyl sites for hydroxylation is 1. The highest BCUT2D eigenvalue weighted by molar-refractivity contribution is 5.58. The third kappa shape index (κ3) is 3.37. The largest absolute Gasteiger partial charge is 0.373 e. The molecule has 1 atom stereocenters.